The van der Waals surface area contributed by atoms with Crippen molar-refractivity contribution in [1.82, 2.24) is 0 Å². The largest absolute Gasteiger partial charge is 0.481 e. The highest BCUT2D eigenvalue weighted by Crippen LogP contribution is 2.39. The van der Waals surface area contributed by atoms with Gasteiger partial charge in [0, 0.05) is 0 Å². The molecule has 0 bridgehead atoms. The van der Waals surface area contributed by atoms with Crippen molar-refractivity contribution in [2.24, 2.45) is 11.8 Å². The molecule has 1 atom stereocenters. The van der Waals surface area contributed by atoms with Gasteiger partial charge in [-0.1, -0.05) is 50.3 Å². The maximum atomic E-state index is 11.1. The smallest absolute Gasteiger partial charge is 0.310 e. The molecule has 1 fully saturated rings. The van der Waals surface area contributed by atoms with Crippen molar-refractivity contribution in [1.29, 1.82) is 0 Å². The first kappa shape index (κ1) is 12.9. The molecule has 18 heavy (non-hydrogen) atoms. The van der Waals surface area contributed by atoms with Gasteiger partial charge in [-0.25, -0.2) is 0 Å². The van der Waals surface area contributed by atoms with Crippen LogP contribution in [-0.4, -0.2) is 11.1 Å². The Labute approximate surface area is 108 Å². The van der Waals surface area contributed by atoms with Crippen LogP contribution in [0.1, 0.15) is 43.7 Å². The van der Waals surface area contributed by atoms with E-state index in [1.165, 1.54) is 18.4 Å². The third kappa shape index (κ3) is 3.22. The summed E-state index contributed by atoms with van der Waals surface area (Å²) in [4.78, 5) is 11.1. The summed E-state index contributed by atoms with van der Waals surface area (Å²) in [5.74, 6) is -0.279. The van der Waals surface area contributed by atoms with E-state index in [4.69, 9.17) is 5.11 Å². The van der Waals surface area contributed by atoms with Crippen LogP contribution in [0.2, 0.25) is 0 Å². The highest BCUT2D eigenvalue weighted by atomic mass is 16.4. The van der Waals surface area contributed by atoms with Crippen LogP contribution >= 0.6 is 0 Å². The normalized spacial score (nSPS) is 17.3. The first-order valence-electron chi connectivity index (χ1n) is 6.59. The molecular formula is C16H20O2. The summed E-state index contributed by atoms with van der Waals surface area (Å²) in [7, 11) is 0. The molecule has 1 aliphatic carbocycles. The van der Waals surface area contributed by atoms with Gasteiger partial charge in [-0.3, -0.25) is 4.79 Å². The van der Waals surface area contributed by atoms with Crippen molar-refractivity contribution < 1.29 is 9.90 Å². The standard InChI is InChI=1S/C16H20O2/c1-11(2)15(16(17)18)10-5-12-3-6-13(7-4-12)14-8-9-14/h3-7,10-11,14-15H,8-9H2,1-2H3,(H,17,18)/b10-5+. The molecule has 0 amide bonds. The Balaban J connectivity index is 2.04. The van der Waals surface area contributed by atoms with Gasteiger partial charge in [-0.05, 0) is 35.8 Å². The molecule has 1 unspecified atom stereocenters. The van der Waals surface area contributed by atoms with Crippen LogP contribution in [0.15, 0.2) is 30.3 Å². The quantitative estimate of drug-likeness (QED) is 0.852. The minimum atomic E-state index is -0.754. The zero-order valence-electron chi connectivity index (χ0n) is 11.0. The molecule has 0 radical (unpaired) electrons. The Bertz CT molecular complexity index is 439. The Morgan fingerprint density at radius 2 is 1.89 bits per heavy atom. The van der Waals surface area contributed by atoms with Crippen LogP contribution in [0.4, 0.5) is 0 Å². The van der Waals surface area contributed by atoms with Crippen LogP contribution < -0.4 is 0 Å². The summed E-state index contributed by atoms with van der Waals surface area (Å²) in [5, 5.41) is 9.10. The van der Waals surface area contributed by atoms with Crippen LogP contribution in [0, 0.1) is 11.8 Å². The number of benzene rings is 1. The van der Waals surface area contributed by atoms with Crippen molar-refractivity contribution in [2.45, 2.75) is 32.6 Å². The zero-order valence-corrected chi connectivity index (χ0v) is 11.0. The molecule has 1 aromatic rings. The van der Waals surface area contributed by atoms with Gasteiger partial charge in [-0.15, -0.1) is 0 Å². The van der Waals surface area contributed by atoms with Gasteiger partial charge < -0.3 is 5.11 Å². The van der Waals surface area contributed by atoms with E-state index in [2.05, 4.69) is 24.3 Å². The van der Waals surface area contributed by atoms with Crippen molar-refractivity contribution in [3.63, 3.8) is 0 Å². The Morgan fingerprint density at radius 1 is 1.28 bits per heavy atom. The van der Waals surface area contributed by atoms with E-state index in [1.54, 1.807) is 6.08 Å². The third-order valence-corrected chi connectivity index (χ3v) is 3.48. The van der Waals surface area contributed by atoms with Gasteiger partial charge in [0.1, 0.15) is 0 Å². The van der Waals surface area contributed by atoms with E-state index in [9.17, 15) is 4.79 Å². The summed E-state index contributed by atoms with van der Waals surface area (Å²) in [6.45, 7) is 3.86. The lowest BCUT2D eigenvalue weighted by atomic mass is 9.95. The van der Waals surface area contributed by atoms with Gasteiger partial charge in [0.15, 0.2) is 0 Å². The molecule has 0 spiro atoms. The summed E-state index contributed by atoms with van der Waals surface area (Å²) >= 11 is 0. The SMILES string of the molecule is CC(C)C(/C=C/c1ccc(C2CC2)cc1)C(=O)O. The molecule has 96 valence electrons. The average Bonchev–Trinajstić information content (AvgIpc) is 3.13. The number of hydrogen-bond acceptors (Lipinski definition) is 1. The van der Waals surface area contributed by atoms with Crippen LogP contribution in [0.5, 0.6) is 0 Å². The molecule has 1 N–H and O–H groups in total. The molecule has 2 heteroatoms. The van der Waals surface area contributed by atoms with Crippen molar-refractivity contribution in [3.05, 3.63) is 41.5 Å². The number of rotatable bonds is 5. The second-order valence-corrected chi connectivity index (χ2v) is 5.41. The van der Waals surface area contributed by atoms with Crippen molar-refractivity contribution in [2.75, 3.05) is 0 Å². The molecule has 0 heterocycles. The Kier molecular flexibility index (Phi) is 3.85. The predicted octanol–water partition coefficient (Wildman–Crippen LogP) is 3.93. The summed E-state index contributed by atoms with van der Waals surface area (Å²) in [6, 6.07) is 8.46. The number of aliphatic carboxylic acids is 1. The molecule has 0 saturated heterocycles. The highest BCUT2D eigenvalue weighted by Gasteiger charge is 2.22. The number of hydrogen-bond donors (Lipinski definition) is 1. The fourth-order valence-electron chi connectivity index (χ4n) is 2.10. The Morgan fingerprint density at radius 3 is 2.33 bits per heavy atom. The van der Waals surface area contributed by atoms with Crippen molar-refractivity contribution >= 4 is 12.0 Å². The Hall–Kier alpha value is -1.57. The first-order valence-corrected chi connectivity index (χ1v) is 6.59. The van der Waals surface area contributed by atoms with Gasteiger partial charge in [-0.2, -0.15) is 0 Å². The van der Waals surface area contributed by atoms with Gasteiger partial charge in [0.05, 0.1) is 5.92 Å². The topological polar surface area (TPSA) is 37.3 Å². The average molecular weight is 244 g/mol. The van der Waals surface area contributed by atoms with E-state index in [-0.39, 0.29) is 5.92 Å². The molecule has 0 aliphatic heterocycles. The van der Waals surface area contributed by atoms with Crippen molar-refractivity contribution in [3.8, 4) is 0 Å². The summed E-state index contributed by atoms with van der Waals surface area (Å²) < 4.78 is 0. The number of carboxylic acids is 1. The molecule has 1 aromatic carbocycles. The minimum Gasteiger partial charge on any atom is -0.481 e. The van der Waals surface area contributed by atoms with E-state index in [0.717, 1.165) is 11.5 Å². The lowest BCUT2D eigenvalue weighted by Crippen LogP contribution is -2.16. The molecule has 2 rings (SSSR count). The highest BCUT2D eigenvalue weighted by molar-refractivity contribution is 5.74. The third-order valence-electron chi connectivity index (χ3n) is 3.48. The lowest BCUT2D eigenvalue weighted by Gasteiger charge is -2.11. The van der Waals surface area contributed by atoms with E-state index >= 15 is 0 Å². The predicted molar refractivity (Wildman–Crippen MR) is 73.4 cm³/mol. The van der Waals surface area contributed by atoms with E-state index in [1.807, 2.05) is 19.9 Å². The first-order chi connectivity index (χ1) is 8.58. The number of carbonyl (C=O) groups is 1. The zero-order chi connectivity index (χ0) is 13.1. The fourth-order valence-corrected chi connectivity index (χ4v) is 2.10. The second-order valence-electron chi connectivity index (χ2n) is 5.41. The van der Waals surface area contributed by atoms with Gasteiger partial charge in [0.25, 0.3) is 0 Å². The lowest BCUT2D eigenvalue weighted by molar-refractivity contribution is -0.141. The summed E-state index contributed by atoms with van der Waals surface area (Å²) in [5.41, 5.74) is 2.48. The number of carboxylic acid groups (broad SMARTS) is 1. The monoisotopic (exact) mass is 244 g/mol. The van der Waals surface area contributed by atoms with E-state index < -0.39 is 11.9 Å². The maximum absolute atomic E-state index is 11.1. The van der Waals surface area contributed by atoms with E-state index in [0.29, 0.717) is 0 Å². The molecule has 1 aliphatic rings. The molecular weight excluding hydrogens is 224 g/mol. The second kappa shape index (κ2) is 5.38. The van der Waals surface area contributed by atoms with Gasteiger partial charge in [0.2, 0.25) is 0 Å². The maximum Gasteiger partial charge on any atom is 0.310 e. The van der Waals surface area contributed by atoms with Gasteiger partial charge >= 0.3 is 5.97 Å². The molecule has 2 nitrogen and oxygen atoms in total. The van der Waals surface area contributed by atoms with Crippen LogP contribution in [0.3, 0.4) is 0 Å². The van der Waals surface area contributed by atoms with Crippen LogP contribution in [0.25, 0.3) is 6.08 Å². The minimum absolute atomic E-state index is 0.115. The summed E-state index contributed by atoms with van der Waals surface area (Å²) in [6.07, 6.45) is 6.32. The molecule has 1 saturated carbocycles. The molecule has 0 aromatic heterocycles. The fraction of sp³-hybridized carbons (Fsp3) is 0.438. The van der Waals surface area contributed by atoms with Crippen LogP contribution in [-0.2, 0) is 4.79 Å².